The first kappa shape index (κ1) is 17.1. The third-order valence-corrected chi connectivity index (χ3v) is 4.06. The Balaban J connectivity index is 2.66. The molecule has 0 fully saturated rings. The summed E-state index contributed by atoms with van der Waals surface area (Å²) in [5, 5.41) is 2.80. The molecule has 1 heterocycles. The van der Waals surface area contributed by atoms with Gasteiger partial charge in [-0.3, -0.25) is 14.6 Å². The Morgan fingerprint density at radius 3 is 2.65 bits per heavy atom. The summed E-state index contributed by atoms with van der Waals surface area (Å²) in [6, 6.07) is 0. The molecule has 2 N–H and O–H groups in total. The normalized spacial score (nSPS) is 11.9. The van der Waals surface area contributed by atoms with Gasteiger partial charge in [0.15, 0.2) is 5.13 Å². The van der Waals surface area contributed by atoms with Crippen LogP contribution in [0.1, 0.15) is 33.4 Å². The quantitative estimate of drug-likeness (QED) is 0.835. The predicted octanol–water partition coefficient (Wildman–Crippen LogP) is 1.93. The summed E-state index contributed by atoms with van der Waals surface area (Å²) >= 11 is 1.52. The fourth-order valence-electron chi connectivity index (χ4n) is 2.11. The topological polar surface area (TPSA) is 62.5 Å². The number of thiazole rings is 1. The van der Waals surface area contributed by atoms with E-state index in [0.29, 0.717) is 13.1 Å². The SMILES string of the molecule is CCN(C(C)=O)c1nc(CN(C)CC(C)(C)CN)cs1. The Labute approximate surface area is 125 Å². The van der Waals surface area contributed by atoms with Crippen LogP contribution < -0.4 is 10.6 Å². The second-order valence-electron chi connectivity index (χ2n) is 5.93. The van der Waals surface area contributed by atoms with Gasteiger partial charge in [0, 0.05) is 31.9 Å². The second-order valence-corrected chi connectivity index (χ2v) is 6.76. The Kier molecular flexibility index (Phi) is 6.10. The minimum atomic E-state index is 0.0334. The van der Waals surface area contributed by atoms with Gasteiger partial charge >= 0.3 is 0 Å². The Morgan fingerprint density at radius 1 is 1.50 bits per heavy atom. The molecular weight excluding hydrogens is 272 g/mol. The van der Waals surface area contributed by atoms with Gasteiger partial charge in [0.1, 0.15) is 0 Å². The third-order valence-electron chi connectivity index (χ3n) is 3.15. The number of hydrogen-bond donors (Lipinski definition) is 1. The van der Waals surface area contributed by atoms with Crippen molar-refractivity contribution in [3.05, 3.63) is 11.1 Å². The van der Waals surface area contributed by atoms with Crippen molar-refractivity contribution < 1.29 is 4.79 Å². The van der Waals surface area contributed by atoms with Gasteiger partial charge in [-0.05, 0) is 25.9 Å². The van der Waals surface area contributed by atoms with Crippen molar-refractivity contribution in [1.82, 2.24) is 9.88 Å². The largest absolute Gasteiger partial charge is 0.330 e. The summed E-state index contributed by atoms with van der Waals surface area (Å²) in [6.07, 6.45) is 0. The van der Waals surface area contributed by atoms with Crippen LogP contribution in [-0.2, 0) is 11.3 Å². The van der Waals surface area contributed by atoms with Gasteiger partial charge in [-0.15, -0.1) is 11.3 Å². The molecule has 0 atom stereocenters. The van der Waals surface area contributed by atoms with E-state index in [4.69, 9.17) is 5.73 Å². The molecule has 0 saturated carbocycles. The van der Waals surface area contributed by atoms with Crippen molar-refractivity contribution in [2.24, 2.45) is 11.1 Å². The van der Waals surface area contributed by atoms with E-state index >= 15 is 0 Å². The summed E-state index contributed by atoms with van der Waals surface area (Å²) < 4.78 is 0. The molecule has 5 nitrogen and oxygen atoms in total. The molecule has 0 aliphatic rings. The lowest BCUT2D eigenvalue weighted by Gasteiger charge is -2.28. The standard InChI is InChI=1S/C14H26N4OS/c1-6-18(11(2)19)13-16-12(8-20-13)7-17(5)10-14(3,4)9-15/h8H,6-7,9-10,15H2,1-5H3. The summed E-state index contributed by atoms with van der Waals surface area (Å²) in [6.45, 7) is 10.8. The van der Waals surface area contributed by atoms with E-state index in [9.17, 15) is 4.79 Å². The lowest BCUT2D eigenvalue weighted by atomic mass is 9.93. The molecule has 1 rings (SSSR count). The molecule has 0 unspecified atom stereocenters. The van der Waals surface area contributed by atoms with E-state index in [1.54, 1.807) is 11.8 Å². The van der Waals surface area contributed by atoms with Crippen LogP contribution in [-0.4, -0.2) is 42.5 Å². The molecule has 0 radical (unpaired) electrons. The number of carbonyl (C=O) groups is 1. The number of aromatic nitrogens is 1. The maximum atomic E-state index is 11.5. The number of rotatable bonds is 7. The number of nitrogens with two attached hydrogens (primary N) is 1. The molecule has 114 valence electrons. The number of anilines is 1. The van der Waals surface area contributed by atoms with Crippen LogP contribution in [0.3, 0.4) is 0 Å². The van der Waals surface area contributed by atoms with E-state index in [1.807, 2.05) is 12.3 Å². The van der Waals surface area contributed by atoms with Crippen LogP contribution in [0.25, 0.3) is 0 Å². The zero-order chi connectivity index (χ0) is 15.3. The van der Waals surface area contributed by atoms with Crippen molar-refractivity contribution >= 4 is 22.4 Å². The highest BCUT2D eigenvalue weighted by Gasteiger charge is 2.19. The Bertz CT molecular complexity index is 444. The average molecular weight is 298 g/mol. The van der Waals surface area contributed by atoms with Gasteiger partial charge in [0.2, 0.25) is 5.91 Å². The Morgan fingerprint density at radius 2 is 2.15 bits per heavy atom. The minimum Gasteiger partial charge on any atom is -0.330 e. The number of nitrogens with zero attached hydrogens (tertiary/aromatic N) is 3. The van der Waals surface area contributed by atoms with Crippen LogP contribution >= 0.6 is 11.3 Å². The van der Waals surface area contributed by atoms with Crippen molar-refractivity contribution in [3.8, 4) is 0 Å². The highest BCUT2D eigenvalue weighted by molar-refractivity contribution is 7.14. The van der Waals surface area contributed by atoms with Gasteiger partial charge in [-0.2, -0.15) is 0 Å². The number of amides is 1. The van der Waals surface area contributed by atoms with E-state index in [1.165, 1.54) is 11.3 Å². The highest BCUT2D eigenvalue weighted by Crippen LogP contribution is 2.22. The Hall–Kier alpha value is -0.980. The lowest BCUT2D eigenvalue weighted by Crippen LogP contribution is -2.36. The van der Waals surface area contributed by atoms with Crippen molar-refractivity contribution in [2.45, 2.75) is 34.2 Å². The zero-order valence-electron chi connectivity index (χ0n) is 13.1. The molecule has 6 heteroatoms. The second kappa shape index (κ2) is 7.15. The van der Waals surface area contributed by atoms with Gasteiger partial charge in [-0.1, -0.05) is 13.8 Å². The smallest absolute Gasteiger partial charge is 0.225 e. The maximum absolute atomic E-state index is 11.5. The fourth-order valence-corrected chi connectivity index (χ4v) is 3.04. The van der Waals surface area contributed by atoms with Gasteiger partial charge < -0.3 is 5.73 Å². The van der Waals surface area contributed by atoms with Gasteiger partial charge in [0.05, 0.1) is 5.69 Å². The molecule has 1 amide bonds. The van der Waals surface area contributed by atoms with E-state index in [2.05, 4.69) is 30.8 Å². The van der Waals surface area contributed by atoms with Crippen molar-refractivity contribution in [2.75, 3.05) is 31.6 Å². The molecule has 0 saturated heterocycles. The highest BCUT2D eigenvalue weighted by atomic mass is 32.1. The molecule has 1 aromatic rings. The fraction of sp³-hybridized carbons (Fsp3) is 0.714. The van der Waals surface area contributed by atoms with Crippen LogP contribution in [0.5, 0.6) is 0 Å². The van der Waals surface area contributed by atoms with E-state index < -0.39 is 0 Å². The summed E-state index contributed by atoms with van der Waals surface area (Å²) in [5.41, 5.74) is 6.86. The van der Waals surface area contributed by atoms with Gasteiger partial charge in [-0.25, -0.2) is 4.98 Å². The first-order valence-electron chi connectivity index (χ1n) is 6.90. The first-order chi connectivity index (χ1) is 9.29. The molecule has 0 spiro atoms. The molecule has 0 aliphatic carbocycles. The average Bonchev–Trinajstić information content (AvgIpc) is 2.77. The van der Waals surface area contributed by atoms with Gasteiger partial charge in [0.25, 0.3) is 0 Å². The molecule has 20 heavy (non-hydrogen) atoms. The maximum Gasteiger partial charge on any atom is 0.225 e. The van der Waals surface area contributed by atoms with Crippen LogP contribution in [0.4, 0.5) is 5.13 Å². The summed E-state index contributed by atoms with van der Waals surface area (Å²) in [5.74, 6) is 0.0334. The van der Waals surface area contributed by atoms with E-state index in [-0.39, 0.29) is 11.3 Å². The molecule has 0 bridgehead atoms. The molecular formula is C14H26N4OS. The van der Waals surface area contributed by atoms with Crippen LogP contribution in [0, 0.1) is 5.41 Å². The minimum absolute atomic E-state index is 0.0334. The zero-order valence-corrected chi connectivity index (χ0v) is 14.0. The monoisotopic (exact) mass is 298 g/mol. The first-order valence-corrected chi connectivity index (χ1v) is 7.78. The summed E-state index contributed by atoms with van der Waals surface area (Å²) in [7, 11) is 2.07. The predicted molar refractivity (Wildman–Crippen MR) is 85.0 cm³/mol. The third kappa shape index (κ3) is 4.85. The van der Waals surface area contributed by atoms with Crippen LogP contribution in [0.15, 0.2) is 5.38 Å². The number of hydrogen-bond acceptors (Lipinski definition) is 5. The summed E-state index contributed by atoms with van der Waals surface area (Å²) in [4.78, 5) is 20.0. The van der Waals surface area contributed by atoms with Crippen molar-refractivity contribution in [1.29, 1.82) is 0 Å². The van der Waals surface area contributed by atoms with E-state index in [0.717, 1.165) is 23.9 Å². The molecule has 0 aromatic carbocycles. The number of carbonyl (C=O) groups excluding carboxylic acids is 1. The molecule has 0 aliphatic heterocycles. The lowest BCUT2D eigenvalue weighted by molar-refractivity contribution is -0.116. The van der Waals surface area contributed by atoms with Crippen molar-refractivity contribution in [3.63, 3.8) is 0 Å². The molecule has 1 aromatic heterocycles. The van der Waals surface area contributed by atoms with Crippen LogP contribution in [0.2, 0.25) is 0 Å².